The van der Waals surface area contributed by atoms with Crippen LogP contribution in [-0.4, -0.2) is 15.7 Å². The van der Waals surface area contributed by atoms with E-state index in [-0.39, 0.29) is 5.76 Å². The van der Waals surface area contributed by atoms with Crippen LogP contribution in [0.2, 0.25) is 0 Å². The van der Waals surface area contributed by atoms with E-state index in [9.17, 15) is 4.79 Å². The largest absolute Gasteiger partial charge is 0.454 e. The second-order valence-corrected chi connectivity index (χ2v) is 4.13. The van der Waals surface area contributed by atoms with Crippen LogP contribution in [0.25, 0.3) is 0 Å². The number of ether oxygens (including phenoxy) is 1. The Morgan fingerprint density at radius 3 is 2.67 bits per heavy atom. The third-order valence-corrected chi connectivity index (χ3v) is 2.85. The Morgan fingerprint density at radius 1 is 1.44 bits per heavy atom. The van der Waals surface area contributed by atoms with E-state index in [0.717, 1.165) is 17.9 Å². The van der Waals surface area contributed by atoms with E-state index < -0.39 is 5.97 Å². The van der Waals surface area contributed by atoms with E-state index in [1.807, 2.05) is 20.9 Å². The third kappa shape index (κ3) is 2.16. The van der Waals surface area contributed by atoms with Crippen LogP contribution in [-0.2, 0) is 13.5 Å². The first-order valence-corrected chi connectivity index (χ1v) is 5.84. The molecule has 2 aromatic heterocycles. The highest BCUT2D eigenvalue weighted by atomic mass is 16.5. The molecule has 0 radical (unpaired) electrons. The molecule has 0 saturated carbocycles. The van der Waals surface area contributed by atoms with Crippen LogP contribution in [0.3, 0.4) is 0 Å². The minimum atomic E-state index is -0.492. The van der Waals surface area contributed by atoms with Crippen LogP contribution in [0.4, 0.5) is 0 Å². The quantitative estimate of drug-likeness (QED) is 0.783. The fraction of sp³-hybridized carbons (Fsp3) is 0.385. The lowest BCUT2D eigenvalue weighted by Crippen LogP contribution is -2.08. The average Bonchev–Trinajstić information content (AvgIpc) is 2.90. The number of hydrogen-bond donors (Lipinski definition) is 0. The Kier molecular flexibility index (Phi) is 3.23. The van der Waals surface area contributed by atoms with Crippen molar-refractivity contribution in [2.24, 2.45) is 7.05 Å². The van der Waals surface area contributed by atoms with Crippen LogP contribution in [0, 0.1) is 13.8 Å². The number of esters is 1. The molecule has 0 N–H and O–H groups in total. The van der Waals surface area contributed by atoms with E-state index in [1.54, 1.807) is 23.7 Å². The average molecular weight is 248 g/mol. The smallest absolute Gasteiger partial charge is 0.379 e. The van der Waals surface area contributed by atoms with Crippen molar-refractivity contribution in [2.45, 2.75) is 27.2 Å². The third-order valence-electron chi connectivity index (χ3n) is 2.85. The highest BCUT2D eigenvalue weighted by molar-refractivity contribution is 5.88. The van der Waals surface area contributed by atoms with Crippen LogP contribution >= 0.6 is 0 Å². The maximum atomic E-state index is 11.9. The minimum absolute atomic E-state index is 0.217. The summed E-state index contributed by atoms with van der Waals surface area (Å²) >= 11 is 0. The second-order valence-electron chi connectivity index (χ2n) is 4.13. The first-order chi connectivity index (χ1) is 8.52. The van der Waals surface area contributed by atoms with Gasteiger partial charge in [0.2, 0.25) is 5.76 Å². The molecule has 2 rings (SSSR count). The summed E-state index contributed by atoms with van der Waals surface area (Å²) in [6.07, 6.45) is 0.748. The van der Waals surface area contributed by atoms with Crippen LogP contribution < -0.4 is 4.74 Å². The van der Waals surface area contributed by atoms with Gasteiger partial charge in [0, 0.05) is 13.5 Å². The number of rotatable bonds is 3. The van der Waals surface area contributed by atoms with Crippen molar-refractivity contribution in [1.29, 1.82) is 0 Å². The maximum absolute atomic E-state index is 11.9. The van der Waals surface area contributed by atoms with E-state index in [4.69, 9.17) is 9.15 Å². The summed E-state index contributed by atoms with van der Waals surface area (Å²) in [5.41, 5.74) is 1.49. The van der Waals surface area contributed by atoms with Crippen LogP contribution in [0.5, 0.6) is 5.75 Å². The summed E-state index contributed by atoms with van der Waals surface area (Å²) < 4.78 is 12.4. The molecule has 0 aromatic carbocycles. The molecule has 0 aliphatic heterocycles. The van der Waals surface area contributed by atoms with E-state index in [2.05, 4.69) is 5.10 Å². The van der Waals surface area contributed by atoms with Crippen molar-refractivity contribution in [2.75, 3.05) is 0 Å². The highest BCUT2D eigenvalue weighted by Crippen LogP contribution is 2.23. The molecule has 0 aliphatic rings. The topological polar surface area (TPSA) is 57.3 Å². The number of furan rings is 1. The molecular weight excluding hydrogens is 232 g/mol. The molecule has 2 aromatic rings. The van der Waals surface area contributed by atoms with Crippen molar-refractivity contribution >= 4 is 5.97 Å². The first kappa shape index (κ1) is 12.4. The fourth-order valence-corrected chi connectivity index (χ4v) is 1.72. The molecule has 0 fully saturated rings. The van der Waals surface area contributed by atoms with Gasteiger partial charge in [0.25, 0.3) is 0 Å². The molecule has 0 bridgehead atoms. The Morgan fingerprint density at radius 2 is 2.17 bits per heavy atom. The van der Waals surface area contributed by atoms with Gasteiger partial charge in [-0.15, -0.1) is 0 Å². The Labute approximate surface area is 105 Å². The van der Waals surface area contributed by atoms with Gasteiger partial charge in [0.05, 0.1) is 5.69 Å². The van der Waals surface area contributed by atoms with E-state index in [0.29, 0.717) is 11.4 Å². The summed E-state index contributed by atoms with van der Waals surface area (Å²) in [6.45, 7) is 5.61. The van der Waals surface area contributed by atoms with Gasteiger partial charge >= 0.3 is 5.97 Å². The zero-order chi connectivity index (χ0) is 13.3. The molecule has 0 saturated heterocycles. The number of hydrogen-bond acceptors (Lipinski definition) is 4. The number of nitrogens with zero attached hydrogens (tertiary/aromatic N) is 2. The normalized spacial score (nSPS) is 10.7. The second kappa shape index (κ2) is 4.68. The van der Waals surface area contributed by atoms with Gasteiger partial charge in [-0.25, -0.2) is 4.79 Å². The van der Waals surface area contributed by atoms with Crippen molar-refractivity contribution in [3.8, 4) is 5.75 Å². The zero-order valence-electron chi connectivity index (χ0n) is 11.0. The standard InChI is InChI=1S/C13H16N2O3/c1-5-10-6-7-11(17-10)13(16)18-12-8(2)14-15(4)9(12)3/h6-7H,5H2,1-4H3. The van der Waals surface area contributed by atoms with Gasteiger partial charge in [-0.05, 0) is 26.0 Å². The fourth-order valence-electron chi connectivity index (χ4n) is 1.72. The Bertz CT molecular complexity index is 581. The van der Waals surface area contributed by atoms with Gasteiger partial charge in [0.1, 0.15) is 11.5 Å². The molecular formula is C13H16N2O3. The first-order valence-electron chi connectivity index (χ1n) is 5.84. The van der Waals surface area contributed by atoms with Gasteiger partial charge < -0.3 is 9.15 Å². The molecule has 2 heterocycles. The summed E-state index contributed by atoms with van der Waals surface area (Å²) in [5.74, 6) is 0.988. The molecule has 0 unspecified atom stereocenters. The van der Waals surface area contributed by atoms with Crippen LogP contribution in [0.15, 0.2) is 16.5 Å². The zero-order valence-corrected chi connectivity index (χ0v) is 11.0. The summed E-state index contributed by atoms with van der Waals surface area (Å²) in [5, 5.41) is 4.19. The molecule has 96 valence electrons. The van der Waals surface area contributed by atoms with E-state index in [1.165, 1.54) is 0 Å². The maximum Gasteiger partial charge on any atom is 0.379 e. The number of carbonyl (C=O) groups excluding carboxylic acids is 1. The number of aryl methyl sites for hydroxylation is 3. The highest BCUT2D eigenvalue weighted by Gasteiger charge is 2.18. The lowest BCUT2D eigenvalue weighted by Gasteiger charge is -2.02. The van der Waals surface area contributed by atoms with Crippen LogP contribution in [0.1, 0.15) is 34.6 Å². The number of carbonyl (C=O) groups is 1. The molecule has 0 amide bonds. The number of aromatic nitrogens is 2. The van der Waals surface area contributed by atoms with Crippen molar-refractivity contribution in [1.82, 2.24) is 9.78 Å². The predicted molar refractivity (Wildman–Crippen MR) is 65.7 cm³/mol. The SMILES string of the molecule is CCc1ccc(C(=O)Oc2c(C)nn(C)c2C)o1. The molecule has 5 nitrogen and oxygen atoms in total. The summed E-state index contributed by atoms with van der Waals surface area (Å²) in [6, 6.07) is 3.40. The molecule has 18 heavy (non-hydrogen) atoms. The van der Waals surface area contributed by atoms with Gasteiger partial charge in [-0.3, -0.25) is 4.68 Å². The minimum Gasteiger partial charge on any atom is -0.454 e. The lowest BCUT2D eigenvalue weighted by atomic mass is 10.3. The van der Waals surface area contributed by atoms with Gasteiger partial charge in [0.15, 0.2) is 5.75 Å². The molecule has 0 atom stereocenters. The molecule has 0 spiro atoms. The Hall–Kier alpha value is -2.04. The van der Waals surface area contributed by atoms with Gasteiger partial charge in [-0.1, -0.05) is 6.92 Å². The van der Waals surface area contributed by atoms with E-state index >= 15 is 0 Å². The summed E-state index contributed by atoms with van der Waals surface area (Å²) in [7, 11) is 1.81. The van der Waals surface area contributed by atoms with Crippen molar-refractivity contribution in [3.63, 3.8) is 0 Å². The van der Waals surface area contributed by atoms with Crippen molar-refractivity contribution in [3.05, 3.63) is 35.0 Å². The van der Waals surface area contributed by atoms with Crippen molar-refractivity contribution < 1.29 is 13.9 Å². The molecule has 0 aliphatic carbocycles. The lowest BCUT2D eigenvalue weighted by molar-refractivity contribution is 0.0697. The Balaban J connectivity index is 2.21. The predicted octanol–water partition coefficient (Wildman–Crippen LogP) is 2.41. The summed E-state index contributed by atoms with van der Waals surface area (Å²) in [4.78, 5) is 11.9. The monoisotopic (exact) mass is 248 g/mol. The van der Waals surface area contributed by atoms with Gasteiger partial charge in [-0.2, -0.15) is 5.10 Å². The molecule has 5 heteroatoms.